The Kier molecular flexibility index (Phi) is 4.77. The summed E-state index contributed by atoms with van der Waals surface area (Å²) in [5.41, 5.74) is 5.90. The number of carbonyl (C=O) groups excluding carboxylic acids is 1. The summed E-state index contributed by atoms with van der Waals surface area (Å²) in [6.45, 7) is 0.545. The Morgan fingerprint density at radius 1 is 1.45 bits per heavy atom. The van der Waals surface area contributed by atoms with Crippen molar-refractivity contribution < 1.29 is 9.53 Å². The van der Waals surface area contributed by atoms with E-state index >= 15 is 0 Å². The number of rotatable bonds is 5. The summed E-state index contributed by atoms with van der Waals surface area (Å²) in [6, 6.07) is 9.28. The smallest absolute Gasteiger partial charge is 0.330 e. The van der Waals surface area contributed by atoms with Crippen LogP contribution < -0.4 is 5.73 Å². The number of halogens is 1. The lowest BCUT2D eigenvalue weighted by atomic mass is 9.87. The molecular weight excluding hydrogens is 369 g/mol. The predicted molar refractivity (Wildman–Crippen MR) is 83.9 cm³/mol. The molecule has 5 nitrogen and oxygen atoms in total. The number of benzene rings is 1. The van der Waals surface area contributed by atoms with Crippen molar-refractivity contribution in [2.75, 3.05) is 7.11 Å². The van der Waals surface area contributed by atoms with Gasteiger partial charge in [-0.1, -0.05) is 30.3 Å². The van der Waals surface area contributed by atoms with E-state index < -0.39 is 11.5 Å². The van der Waals surface area contributed by atoms with Gasteiger partial charge in [-0.05, 0) is 34.6 Å². The molecule has 0 aliphatic carbocycles. The number of hydrogen-bond donors (Lipinski definition) is 1. The van der Waals surface area contributed by atoms with Gasteiger partial charge in [-0.3, -0.25) is 4.68 Å². The molecule has 1 atom stereocenters. The van der Waals surface area contributed by atoms with Crippen LogP contribution in [0.2, 0.25) is 0 Å². The number of aryl methyl sites for hydroxylation is 1. The zero-order valence-electron chi connectivity index (χ0n) is 11.1. The molecule has 0 saturated carbocycles. The molecule has 2 aromatic rings. The van der Waals surface area contributed by atoms with Crippen LogP contribution in [-0.4, -0.2) is 22.9 Å². The van der Waals surface area contributed by atoms with Crippen molar-refractivity contribution in [3.05, 3.63) is 51.9 Å². The van der Waals surface area contributed by atoms with Crippen molar-refractivity contribution in [3.8, 4) is 0 Å². The zero-order chi connectivity index (χ0) is 14.6. The molecule has 0 radical (unpaired) electrons. The standard InChI is InChI=1S/C14H16IN3O2/c1-20-13(19)14(16,11-5-3-2-4-6-11)7-8-18-10-12(15)9-17-18/h2-6,9-10H,7-8,16H2,1H3. The van der Waals surface area contributed by atoms with Gasteiger partial charge in [0.15, 0.2) is 0 Å². The fraction of sp³-hybridized carbons (Fsp3) is 0.286. The third-order valence-electron chi connectivity index (χ3n) is 3.18. The van der Waals surface area contributed by atoms with E-state index in [1.54, 1.807) is 10.9 Å². The van der Waals surface area contributed by atoms with Gasteiger partial charge in [-0.25, -0.2) is 4.79 Å². The molecule has 20 heavy (non-hydrogen) atoms. The van der Waals surface area contributed by atoms with Crippen LogP contribution in [0.5, 0.6) is 0 Å². The van der Waals surface area contributed by atoms with Gasteiger partial charge < -0.3 is 10.5 Å². The van der Waals surface area contributed by atoms with Gasteiger partial charge in [0.2, 0.25) is 0 Å². The molecular formula is C14H16IN3O2. The van der Waals surface area contributed by atoms with Crippen molar-refractivity contribution in [2.45, 2.75) is 18.5 Å². The van der Waals surface area contributed by atoms with Crippen molar-refractivity contribution in [2.24, 2.45) is 5.73 Å². The molecule has 1 aromatic heterocycles. The number of hydrogen-bond acceptors (Lipinski definition) is 4. The topological polar surface area (TPSA) is 70.1 Å². The van der Waals surface area contributed by atoms with E-state index in [2.05, 4.69) is 27.7 Å². The van der Waals surface area contributed by atoms with E-state index in [-0.39, 0.29) is 0 Å². The summed E-state index contributed by atoms with van der Waals surface area (Å²) < 4.78 is 7.69. The molecule has 0 aliphatic heterocycles. The van der Waals surface area contributed by atoms with Crippen molar-refractivity contribution in [1.82, 2.24) is 9.78 Å². The summed E-state index contributed by atoms with van der Waals surface area (Å²) in [7, 11) is 1.35. The summed E-state index contributed by atoms with van der Waals surface area (Å²) in [5.74, 6) is -0.439. The van der Waals surface area contributed by atoms with Gasteiger partial charge in [0.05, 0.1) is 16.9 Å². The van der Waals surface area contributed by atoms with Crippen molar-refractivity contribution in [1.29, 1.82) is 0 Å². The summed E-state index contributed by atoms with van der Waals surface area (Å²) in [4.78, 5) is 12.1. The number of methoxy groups -OCH3 is 1. The quantitative estimate of drug-likeness (QED) is 0.631. The number of esters is 1. The number of nitrogens with zero attached hydrogens (tertiary/aromatic N) is 2. The van der Waals surface area contributed by atoms with Crippen LogP contribution in [0.4, 0.5) is 0 Å². The zero-order valence-corrected chi connectivity index (χ0v) is 13.3. The lowest BCUT2D eigenvalue weighted by Crippen LogP contribution is -2.46. The van der Waals surface area contributed by atoms with Gasteiger partial charge in [-0.15, -0.1) is 0 Å². The van der Waals surface area contributed by atoms with Crippen LogP contribution in [-0.2, 0) is 21.6 Å². The van der Waals surface area contributed by atoms with E-state index in [1.165, 1.54) is 7.11 Å². The number of carbonyl (C=O) groups is 1. The van der Waals surface area contributed by atoms with Gasteiger partial charge in [-0.2, -0.15) is 5.10 Å². The van der Waals surface area contributed by atoms with E-state index in [1.807, 2.05) is 36.5 Å². The van der Waals surface area contributed by atoms with Crippen LogP contribution in [0.3, 0.4) is 0 Å². The maximum atomic E-state index is 12.1. The third kappa shape index (κ3) is 3.18. The van der Waals surface area contributed by atoms with E-state index in [4.69, 9.17) is 10.5 Å². The first kappa shape index (κ1) is 15.0. The first-order valence-corrected chi connectivity index (χ1v) is 7.25. The third-order valence-corrected chi connectivity index (χ3v) is 3.73. The Balaban J connectivity index is 2.22. The maximum absolute atomic E-state index is 12.1. The van der Waals surface area contributed by atoms with Crippen molar-refractivity contribution >= 4 is 28.6 Å². The van der Waals surface area contributed by atoms with E-state index in [0.29, 0.717) is 13.0 Å². The highest BCUT2D eigenvalue weighted by atomic mass is 127. The fourth-order valence-electron chi connectivity index (χ4n) is 2.03. The minimum Gasteiger partial charge on any atom is -0.467 e. The van der Waals surface area contributed by atoms with Gasteiger partial charge in [0, 0.05) is 12.7 Å². The average molecular weight is 385 g/mol. The molecule has 0 saturated heterocycles. The molecule has 0 amide bonds. The average Bonchev–Trinajstić information content (AvgIpc) is 2.90. The van der Waals surface area contributed by atoms with Gasteiger partial charge in [0.25, 0.3) is 0 Å². The van der Waals surface area contributed by atoms with Gasteiger partial charge in [0.1, 0.15) is 5.54 Å². The highest BCUT2D eigenvalue weighted by Crippen LogP contribution is 2.24. The second-order valence-electron chi connectivity index (χ2n) is 4.50. The molecule has 1 unspecified atom stereocenters. The lowest BCUT2D eigenvalue weighted by Gasteiger charge is -2.27. The SMILES string of the molecule is COC(=O)C(N)(CCn1cc(I)cn1)c1ccccc1. The number of ether oxygens (including phenoxy) is 1. The predicted octanol–water partition coefficient (Wildman–Crippen LogP) is 1.91. The van der Waals surface area contributed by atoms with Crippen LogP contribution in [0, 0.1) is 3.57 Å². The lowest BCUT2D eigenvalue weighted by molar-refractivity contribution is -0.148. The molecule has 1 aromatic carbocycles. The largest absolute Gasteiger partial charge is 0.467 e. The normalized spacial score (nSPS) is 13.8. The monoisotopic (exact) mass is 385 g/mol. The molecule has 0 aliphatic rings. The molecule has 1 heterocycles. The highest BCUT2D eigenvalue weighted by Gasteiger charge is 2.36. The van der Waals surface area contributed by atoms with Crippen LogP contribution in [0.15, 0.2) is 42.7 Å². The Morgan fingerprint density at radius 3 is 2.70 bits per heavy atom. The molecule has 2 rings (SSSR count). The molecule has 0 bridgehead atoms. The number of nitrogens with two attached hydrogens (primary N) is 1. The van der Waals surface area contributed by atoms with Crippen molar-refractivity contribution in [3.63, 3.8) is 0 Å². The second-order valence-corrected chi connectivity index (χ2v) is 5.75. The Bertz CT molecular complexity index is 585. The fourth-order valence-corrected chi connectivity index (χ4v) is 2.48. The molecule has 2 N–H and O–H groups in total. The summed E-state index contributed by atoms with van der Waals surface area (Å²) in [6.07, 6.45) is 4.09. The van der Waals surface area contributed by atoms with Gasteiger partial charge >= 0.3 is 5.97 Å². The molecule has 6 heteroatoms. The highest BCUT2D eigenvalue weighted by molar-refractivity contribution is 14.1. The minimum absolute atomic E-state index is 0.418. The summed E-state index contributed by atoms with van der Waals surface area (Å²) in [5, 5.41) is 4.20. The van der Waals surface area contributed by atoms with Crippen LogP contribution in [0.25, 0.3) is 0 Å². The molecule has 0 spiro atoms. The Morgan fingerprint density at radius 2 is 2.15 bits per heavy atom. The summed E-state index contributed by atoms with van der Waals surface area (Å²) >= 11 is 2.19. The van der Waals surface area contributed by atoms with Crippen LogP contribution in [0.1, 0.15) is 12.0 Å². The van der Waals surface area contributed by atoms with E-state index in [0.717, 1.165) is 9.13 Å². The Labute approximate surface area is 131 Å². The minimum atomic E-state index is -1.16. The first-order valence-electron chi connectivity index (χ1n) is 6.17. The Hall–Kier alpha value is -1.41. The second kappa shape index (κ2) is 6.36. The van der Waals surface area contributed by atoms with E-state index in [9.17, 15) is 4.79 Å². The maximum Gasteiger partial charge on any atom is 0.330 e. The van der Waals surface area contributed by atoms with Crippen LogP contribution >= 0.6 is 22.6 Å². The first-order chi connectivity index (χ1) is 9.56. The molecule has 0 fully saturated rings. The molecule has 106 valence electrons. The number of aromatic nitrogens is 2.